The Morgan fingerprint density at radius 1 is 1.28 bits per heavy atom. The average molecular weight is 405 g/mol. The van der Waals surface area contributed by atoms with Gasteiger partial charge in [0, 0.05) is 33.2 Å². The predicted octanol–water partition coefficient (Wildman–Crippen LogP) is 4.25. The van der Waals surface area contributed by atoms with Crippen LogP contribution >= 0.6 is 15.9 Å². The third-order valence-corrected chi connectivity index (χ3v) is 4.63. The second-order valence-corrected chi connectivity index (χ2v) is 6.74. The molecule has 0 saturated heterocycles. The lowest BCUT2D eigenvalue weighted by atomic mass is 10.1. The Morgan fingerprint density at radius 3 is 2.84 bits per heavy atom. The number of carbonyl (C=O) groups is 1. The summed E-state index contributed by atoms with van der Waals surface area (Å²) < 4.78 is 19.7. The maximum Gasteiger partial charge on any atom is 0.224 e. The molecule has 0 aliphatic heterocycles. The summed E-state index contributed by atoms with van der Waals surface area (Å²) in [5.41, 5.74) is 3.39. The molecule has 0 unspecified atom stereocenters. The fraction of sp³-hybridized carbons (Fsp3) is 0.211. The summed E-state index contributed by atoms with van der Waals surface area (Å²) in [6, 6.07) is 10.2. The van der Waals surface area contributed by atoms with Crippen LogP contribution in [0.15, 0.2) is 40.9 Å². The van der Waals surface area contributed by atoms with Gasteiger partial charge in [-0.15, -0.1) is 0 Å². The lowest BCUT2D eigenvalue weighted by molar-refractivity contribution is -0.120. The van der Waals surface area contributed by atoms with Crippen LogP contribution in [0.2, 0.25) is 0 Å². The number of aryl methyl sites for hydroxylation is 1. The number of rotatable bonds is 5. The van der Waals surface area contributed by atoms with Crippen molar-refractivity contribution in [1.82, 2.24) is 10.3 Å². The van der Waals surface area contributed by atoms with E-state index in [1.807, 2.05) is 25.1 Å². The number of methoxy groups -OCH3 is 1. The molecule has 1 aromatic heterocycles. The summed E-state index contributed by atoms with van der Waals surface area (Å²) in [6.07, 6.45) is 0.186. The molecule has 0 fully saturated rings. The average Bonchev–Trinajstić information content (AvgIpc) is 2.88. The van der Waals surface area contributed by atoms with E-state index in [9.17, 15) is 9.18 Å². The van der Waals surface area contributed by atoms with Gasteiger partial charge < -0.3 is 15.0 Å². The maximum absolute atomic E-state index is 13.5. The molecule has 0 saturated carbocycles. The van der Waals surface area contributed by atoms with E-state index in [1.54, 1.807) is 13.2 Å². The van der Waals surface area contributed by atoms with Crippen LogP contribution in [0, 0.1) is 12.7 Å². The Hall–Kier alpha value is -2.34. The Bertz CT molecular complexity index is 937. The minimum Gasteiger partial charge on any atom is -0.496 e. The number of amides is 1. The minimum atomic E-state index is -0.313. The molecule has 0 aliphatic rings. The number of halogens is 2. The van der Waals surface area contributed by atoms with Crippen molar-refractivity contribution in [1.29, 1.82) is 0 Å². The van der Waals surface area contributed by atoms with Gasteiger partial charge in [-0.1, -0.05) is 15.9 Å². The largest absolute Gasteiger partial charge is 0.496 e. The van der Waals surface area contributed by atoms with E-state index in [-0.39, 0.29) is 18.1 Å². The molecular formula is C19H18BrFN2O2. The number of ether oxygens (including phenoxy) is 1. The molecule has 2 aromatic carbocycles. The monoisotopic (exact) mass is 404 g/mol. The molecule has 130 valence electrons. The van der Waals surface area contributed by atoms with Gasteiger partial charge in [0.1, 0.15) is 11.6 Å². The standard InChI is InChI=1S/C19H18BrFN2O2/c1-11-15(16-8-14(21)4-5-17(16)23-11)9-19(24)22-10-12-7-13(20)3-6-18(12)25-2/h3-8,23H,9-10H2,1-2H3,(H,22,24). The second kappa shape index (κ2) is 7.27. The summed E-state index contributed by atoms with van der Waals surface area (Å²) in [5.74, 6) is 0.274. The number of fused-ring (bicyclic) bond motifs is 1. The number of hydrogen-bond donors (Lipinski definition) is 2. The van der Waals surface area contributed by atoms with E-state index >= 15 is 0 Å². The van der Waals surface area contributed by atoms with Gasteiger partial charge in [-0.2, -0.15) is 0 Å². The molecule has 1 heterocycles. The summed E-state index contributed by atoms with van der Waals surface area (Å²) in [5, 5.41) is 3.64. The van der Waals surface area contributed by atoms with Crippen molar-refractivity contribution in [2.45, 2.75) is 19.9 Å². The number of hydrogen-bond acceptors (Lipinski definition) is 2. The fourth-order valence-corrected chi connectivity index (χ4v) is 3.29. The van der Waals surface area contributed by atoms with Gasteiger partial charge in [0.2, 0.25) is 5.91 Å². The topological polar surface area (TPSA) is 54.1 Å². The van der Waals surface area contributed by atoms with Crippen LogP contribution in [0.1, 0.15) is 16.8 Å². The van der Waals surface area contributed by atoms with E-state index in [2.05, 4.69) is 26.2 Å². The molecule has 3 rings (SSSR count). The van der Waals surface area contributed by atoms with Gasteiger partial charge in [0.05, 0.1) is 13.5 Å². The molecule has 1 amide bonds. The zero-order chi connectivity index (χ0) is 18.0. The SMILES string of the molecule is COc1ccc(Br)cc1CNC(=O)Cc1c(C)[nH]c2ccc(F)cc12. The first-order valence-electron chi connectivity index (χ1n) is 7.83. The second-order valence-electron chi connectivity index (χ2n) is 5.83. The van der Waals surface area contributed by atoms with E-state index in [0.29, 0.717) is 12.3 Å². The highest BCUT2D eigenvalue weighted by Gasteiger charge is 2.14. The molecule has 0 spiro atoms. The molecule has 2 N–H and O–H groups in total. The summed E-state index contributed by atoms with van der Waals surface area (Å²) in [6.45, 7) is 2.25. The van der Waals surface area contributed by atoms with Gasteiger partial charge in [0.15, 0.2) is 0 Å². The van der Waals surface area contributed by atoms with Gasteiger partial charge in [-0.25, -0.2) is 4.39 Å². The lowest BCUT2D eigenvalue weighted by Crippen LogP contribution is -2.25. The number of nitrogens with one attached hydrogen (secondary N) is 2. The number of aromatic nitrogens is 1. The quantitative estimate of drug-likeness (QED) is 0.667. The summed E-state index contributed by atoms with van der Waals surface area (Å²) in [7, 11) is 1.60. The van der Waals surface area contributed by atoms with Gasteiger partial charge in [-0.3, -0.25) is 4.79 Å². The molecule has 0 aliphatic carbocycles. The highest BCUT2D eigenvalue weighted by Crippen LogP contribution is 2.24. The third-order valence-electron chi connectivity index (χ3n) is 4.14. The van der Waals surface area contributed by atoms with Crippen molar-refractivity contribution in [3.05, 3.63) is 63.5 Å². The molecule has 0 bridgehead atoms. The van der Waals surface area contributed by atoms with Crippen LogP contribution in [-0.4, -0.2) is 18.0 Å². The van der Waals surface area contributed by atoms with Crippen LogP contribution in [0.4, 0.5) is 4.39 Å². The lowest BCUT2D eigenvalue weighted by Gasteiger charge is -2.10. The Kier molecular flexibility index (Phi) is 5.08. The highest BCUT2D eigenvalue weighted by atomic mass is 79.9. The highest BCUT2D eigenvalue weighted by molar-refractivity contribution is 9.10. The van der Waals surface area contributed by atoms with Crippen molar-refractivity contribution in [2.75, 3.05) is 7.11 Å². The Labute approximate surface area is 153 Å². The third kappa shape index (κ3) is 3.85. The smallest absolute Gasteiger partial charge is 0.224 e. The summed E-state index contributed by atoms with van der Waals surface area (Å²) in [4.78, 5) is 15.6. The van der Waals surface area contributed by atoms with Gasteiger partial charge in [0.25, 0.3) is 0 Å². The van der Waals surface area contributed by atoms with Crippen molar-refractivity contribution in [3.8, 4) is 5.75 Å². The fourth-order valence-electron chi connectivity index (χ4n) is 2.88. The number of aromatic amines is 1. The van der Waals surface area contributed by atoms with Crippen molar-refractivity contribution in [2.24, 2.45) is 0 Å². The van der Waals surface area contributed by atoms with Crippen molar-refractivity contribution < 1.29 is 13.9 Å². The molecule has 0 atom stereocenters. The molecule has 4 nitrogen and oxygen atoms in total. The van der Waals surface area contributed by atoms with Crippen LogP contribution < -0.4 is 10.1 Å². The zero-order valence-corrected chi connectivity index (χ0v) is 15.5. The first-order chi connectivity index (χ1) is 12.0. The first-order valence-corrected chi connectivity index (χ1v) is 8.63. The molecule has 6 heteroatoms. The number of carbonyl (C=O) groups excluding carboxylic acids is 1. The maximum atomic E-state index is 13.5. The van der Waals surface area contributed by atoms with E-state index in [1.165, 1.54) is 12.1 Å². The van der Waals surface area contributed by atoms with Crippen LogP contribution in [0.3, 0.4) is 0 Å². The van der Waals surface area contributed by atoms with E-state index in [4.69, 9.17) is 4.74 Å². The zero-order valence-electron chi connectivity index (χ0n) is 14.0. The van der Waals surface area contributed by atoms with Crippen LogP contribution in [0.5, 0.6) is 5.75 Å². The molecule has 0 radical (unpaired) electrons. The van der Waals surface area contributed by atoms with E-state index in [0.717, 1.165) is 32.2 Å². The molecule has 25 heavy (non-hydrogen) atoms. The first kappa shape index (κ1) is 17.5. The Balaban J connectivity index is 1.74. The minimum absolute atomic E-state index is 0.129. The predicted molar refractivity (Wildman–Crippen MR) is 99.2 cm³/mol. The van der Waals surface area contributed by atoms with Crippen molar-refractivity contribution >= 4 is 32.7 Å². The molecule has 3 aromatic rings. The van der Waals surface area contributed by atoms with Gasteiger partial charge >= 0.3 is 0 Å². The van der Waals surface area contributed by atoms with Crippen molar-refractivity contribution in [3.63, 3.8) is 0 Å². The number of H-pyrrole nitrogens is 1. The van der Waals surface area contributed by atoms with Gasteiger partial charge in [-0.05, 0) is 48.9 Å². The van der Waals surface area contributed by atoms with Crippen LogP contribution in [0.25, 0.3) is 10.9 Å². The molecular weight excluding hydrogens is 387 g/mol. The number of benzene rings is 2. The van der Waals surface area contributed by atoms with E-state index < -0.39 is 0 Å². The summed E-state index contributed by atoms with van der Waals surface area (Å²) >= 11 is 3.42. The normalized spacial score (nSPS) is 10.9. The Morgan fingerprint density at radius 2 is 2.08 bits per heavy atom. The van der Waals surface area contributed by atoms with Crippen LogP contribution in [-0.2, 0) is 17.8 Å².